The Morgan fingerprint density at radius 1 is 1.25 bits per heavy atom. The maximum absolute atomic E-state index is 13.1. The molecule has 0 aliphatic carbocycles. The highest BCUT2D eigenvalue weighted by molar-refractivity contribution is 5.46. The predicted octanol–water partition coefficient (Wildman–Crippen LogP) is 2.84. The van der Waals surface area contributed by atoms with Crippen molar-refractivity contribution in [2.75, 3.05) is 5.32 Å². The molecule has 20 heavy (non-hydrogen) atoms. The smallest absolute Gasteiger partial charge is 0.256 e. The third kappa shape index (κ3) is 2.84. The van der Waals surface area contributed by atoms with Crippen molar-refractivity contribution in [3.8, 4) is 0 Å². The van der Waals surface area contributed by atoms with Crippen molar-refractivity contribution in [3.63, 3.8) is 0 Å². The summed E-state index contributed by atoms with van der Waals surface area (Å²) in [6, 6.07) is 3.13. The molecular weight excluding hydrogens is 264 g/mol. The van der Waals surface area contributed by atoms with Crippen LogP contribution in [0.3, 0.4) is 0 Å². The molecule has 1 unspecified atom stereocenters. The maximum atomic E-state index is 13.1. The summed E-state index contributed by atoms with van der Waals surface area (Å²) in [6.45, 7) is 5.20. The summed E-state index contributed by atoms with van der Waals surface area (Å²) < 4.78 is 26.0. The van der Waals surface area contributed by atoms with Gasteiger partial charge < -0.3 is 10.3 Å². The van der Waals surface area contributed by atoms with E-state index in [1.807, 2.05) is 0 Å². The molecule has 1 aromatic carbocycles. The van der Waals surface area contributed by atoms with Crippen molar-refractivity contribution < 1.29 is 8.78 Å². The largest absolute Gasteiger partial charge is 0.378 e. The number of aryl methyl sites for hydroxylation is 2. The lowest BCUT2D eigenvalue weighted by molar-refractivity contribution is 0.509. The second-order valence-electron chi connectivity index (χ2n) is 4.65. The number of nitrogens with one attached hydrogen (secondary N) is 2. The number of benzene rings is 1. The number of aromatic nitrogens is 2. The zero-order valence-corrected chi connectivity index (χ0v) is 11.4. The van der Waals surface area contributed by atoms with Crippen LogP contribution in [0, 0.1) is 25.5 Å². The fraction of sp³-hybridized carbons (Fsp3) is 0.286. The number of anilines is 1. The number of rotatable bonds is 3. The van der Waals surface area contributed by atoms with Gasteiger partial charge in [-0.15, -0.1) is 0 Å². The zero-order valence-electron chi connectivity index (χ0n) is 11.4. The van der Waals surface area contributed by atoms with Gasteiger partial charge in [-0.25, -0.2) is 13.8 Å². The lowest BCUT2D eigenvalue weighted by Gasteiger charge is -2.16. The molecule has 2 aromatic rings. The first kappa shape index (κ1) is 14.2. The quantitative estimate of drug-likeness (QED) is 0.908. The van der Waals surface area contributed by atoms with E-state index in [-0.39, 0.29) is 11.6 Å². The summed E-state index contributed by atoms with van der Waals surface area (Å²) in [6.07, 6.45) is 0. The Bertz CT molecular complexity index is 697. The molecule has 6 heteroatoms. The summed E-state index contributed by atoms with van der Waals surface area (Å²) in [5.41, 5.74) is 1.24. The van der Waals surface area contributed by atoms with Gasteiger partial charge in [0.05, 0.1) is 17.3 Å². The lowest BCUT2D eigenvalue weighted by atomic mass is 10.1. The van der Waals surface area contributed by atoms with E-state index in [1.165, 1.54) is 6.07 Å². The molecule has 0 fully saturated rings. The van der Waals surface area contributed by atoms with Crippen LogP contribution >= 0.6 is 0 Å². The van der Waals surface area contributed by atoms with E-state index in [9.17, 15) is 13.6 Å². The van der Waals surface area contributed by atoms with E-state index in [2.05, 4.69) is 15.3 Å². The zero-order chi connectivity index (χ0) is 14.9. The molecule has 1 atom stereocenters. The van der Waals surface area contributed by atoms with Crippen LogP contribution < -0.4 is 10.9 Å². The Balaban J connectivity index is 2.30. The first-order valence-corrected chi connectivity index (χ1v) is 6.17. The first-order valence-electron chi connectivity index (χ1n) is 6.17. The summed E-state index contributed by atoms with van der Waals surface area (Å²) in [5.74, 6) is -1.31. The SMILES string of the molecule is Cc1nc(C)c(C(C)Nc2ccc(F)c(F)c2)c(=O)[nH]1. The van der Waals surface area contributed by atoms with E-state index in [0.717, 1.165) is 12.1 Å². The molecule has 4 nitrogen and oxygen atoms in total. The van der Waals surface area contributed by atoms with Crippen LogP contribution in [0.5, 0.6) is 0 Å². The summed E-state index contributed by atoms with van der Waals surface area (Å²) >= 11 is 0. The average Bonchev–Trinajstić information content (AvgIpc) is 2.32. The van der Waals surface area contributed by atoms with E-state index in [0.29, 0.717) is 22.8 Å². The predicted molar refractivity (Wildman–Crippen MR) is 72.7 cm³/mol. The molecule has 0 bridgehead atoms. The van der Waals surface area contributed by atoms with Gasteiger partial charge in [-0.3, -0.25) is 4.79 Å². The van der Waals surface area contributed by atoms with Crippen LogP contribution in [-0.2, 0) is 0 Å². The minimum Gasteiger partial charge on any atom is -0.378 e. The Labute approximate surface area is 114 Å². The van der Waals surface area contributed by atoms with Gasteiger partial charge in [0.2, 0.25) is 0 Å². The van der Waals surface area contributed by atoms with Gasteiger partial charge in [-0.1, -0.05) is 0 Å². The van der Waals surface area contributed by atoms with E-state index < -0.39 is 11.6 Å². The average molecular weight is 279 g/mol. The van der Waals surface area contributed by atoms with Crippen LogP contribution in [0.1, 0.15) is 30.0 Å². The molecule has 0 spiro atoms. The Morgan fingerprint density at radius 2 is 1.95 bits per heavy atom. The standard InChI is InChI=1S/C14H15F2N3O/c1-7-13(14(20)19-9(3)17-7)8(2)18-10-4-5-11(15)12(16)6-10/h4-6,8,18H,1-3H3,(H,17,19,20). The summed E-state index contributed by atoms with van der Waals surface area (Å²) in [7, 11) is 0. The molecule has 0 aliphatic rings. The van der Waals surface area contributed by atoms with E-state index in [1.54, 1.807) is 20.8 Å². The minimum absolute atomic E-state index is 0.238. The fourth-order valence-electron chi connectivity index (χ4n) is 2.15. The molecule has 0 saturated carbocycles. The molecule has 0 amide bonds. The van der Waals surface area contributed by atoms with Crippen molar-refractivity contribution in [2.24, 2.45) is 0 Å². The number of aromatic amines is 1. The van der Waals surface area contributed by atoms with Gasteiger partial charge in [-0.2, -0.15) is 0 Å². The van der Waals surface area contributed by atoms with E-state index >= 15 is 0 Å². The third-order valence-corrected chi connectivity index (χ3v) is 3.00. The highest BCUT2D eigenvalue weighted by Gasteiger charge is 2.15. The fourth-order valence-corrected chi connectivity index (χ4v) is 2.15. The number of nitrogens with zero attached hydrogens (tertiary/aromatic N) is 1. The van der Waals surface area contributed by atoms with Crippen LogP contribution in [-0.4, -0.2) is 9.97 Å². The second kappa shape index (κ2) is 5.40. The number of H-pyrrole nitrogens is 1. The molecule has 0 saturated heterocycles. The van der Waals surface area contributed by atoms with Crippen molar-refractivity contribution in [2.45, 2.75) is 26.8 Å². The van der Waals surface area contributed by atoms with Crippen molar-refractivity contribution in [1.29, 1.82) is 0 Å². The summed E-state index contributed by atoms with van der Waals surface area (Å²) in [4.78, 5) is 18.8. The van der Waals surface area contributed by atoms with Crippen LogP contribution in [0.25, 0.3) is 0 Å². The first-order chi connectivity index (χ1) is 9.38. The molecule has 1 heterocycles. The highest BCUT2D eigenvalue weighted by Crippen LogP contribution is 2.20. The van der Waals surface area contributed by atoms with Crippen LogP contribution in [0.15, 0.2) is 23.0 Å². The molecule has 2 N–H and O–H groups in total. The second-order valence-corrected chi connectivity index (χ2v) is 4.65. The highest BCUT2D eigenvalue weighted by atomic mass is 19.2. The van der Waals surface area contributed by atoms with Crippen molar-refractivity contribution in [3.05, 3.63) is 57.3 Å². The van der Waals surface area contributed by atoms with Gasteiger partial charge in [0.1, 0.15) is 5.82 Å². The Kier molecular flexibility index (Phi) is 3.83. The van der Waals surface area contributed by atoms with Gasteiger partial charge in [0.25, 0.3) is 5.56 Å². The molecule has 0 radical (unpaired) electrons. The molecule has 1 aromatic heterocycles. The number of halogens is 2. The normalized spacial score (nSPS) is 12.2. The van der Waals surface area contributed by atoms with Crippen molar-refractivity contribution >= 4 is 5.69 Å². The molecular formula is C14H15F2N3O. The van der Waals surface area contributed by atoms with Gasteiger partial charge in [-0.05, 0) is 32.9 Å². The topological polar surface area (TPSA) is 57.8 Å². The summed E-state index contributed by atoms with van der Waals surface area (Å²) in [5, 5.41) is 2.96. The van der Waals surface area contributed by atoms with E-state index in [4.69, 9.17) is 0 Å². The van der Waals surface area contributed by atoms with Gasteiger partial charge in [0.15, 0.2) is 11.6 Å². The van der Waals surface area contributed by atoms with Gasteiger partial charge >= 0.3 is 0 Å². The Morgan fingerprint density at radius 3 is 2.55 bits per heavy atom. The van der Waals surface area contributed by atoms with Gasteiger partial charge in [0, 0.05) is 11.8 Å². The van der Waals surface area contributed by atoms with Crippen LogP contribution in [0.2, 0.25) is 0 Å². The van der Waals surface area contributed by atoms with Crippen molar-refractivity contribution in [1.82, 2.24) is 9.97 Å². The molecule has 0 aliphatic heterocycles. The third-order valence-electron chi connectivity index (χ3n) is 3.00. The lowest BCUT2D eigenvalue weighted by Crippen LogP contribution is -2.23. The molecule has 2 rings (SSSR count). The number of hydrogen-bond acceptors (Lipinski definition) is 3. The number of hydrogen-bond donors (Lipinski definition) is 2. The minimum atomic E-state index is -0.935. The van der Waals surface area contributed by atoms with Crippen LogP contribution in [0.4, 0.5) is 14.5 Å². The Hall–Kier alpha value is -2.24. The maximum Gasteiger partial charge on any atom is 0.256 e. The monoisotopic (exact) mass is 279 g/mol. The molecule has 106 valence electrons.